The van der Waals surface area contributed by atoms with E-state index in [1.807, 2.05) is 13.0 Å². The number of nitriles is 1. The lowest BCUT2D eigenvalue weighted by Crippen LogP contribution is -2.11. The Morgan fingerprint density at radius 2 is 2.21 bits per heavy atom. The maximum absolute atomic E-state index is 13.1. The van der Waals surface area contributed by atoms with Crippen LogP contribution in [0.25, 0.3) is 0 Å². The van der Waals surface area contributed by atoms with Gasteiger partial charge >= 0.3 is 0 Å². The summed E-state index contributed by atoms with van der Waals surface area (Å²) in [6.45, 7) is 3.69. The highest BCUT2D eigenvalue weighted by Crippen LogP contribution is 2.22. The second kappa shape index (κ2) is 4.21. The lowest BCUT2D eigenvalue weighted by molar-refractivity contribution is 0.617. The molecule has 0 saturated heterocycles. The van der Waals surface area contributed by atoms with Crippen molar-refractivity contribution < 1.29 is 4.39 Å². The minimum Gasteiger partial charge on any atom is -0.324 e. The third kappa shape index (κ3) is 1.75. The van der Waals surface area contributed by atoms with E-state index < -0.39 is 5.82 Å². The fourth-order valence-corrected chi connectivity index (χ4v) is 1.45. The maximum Gasteiger partial charge on any atom is 0.141 e. The molecule has 0 amide bonds. The molecule has 0 aromatic heterocycles. The number of halogens is 1. The Labute approximate surface area is 83.2 Å². The van der Waals surface area contributed by atoms with E-state index in [4.69, 9.17) is 11.0 Å². The first-order valence-electron chi connectivity index (χ1n) is 4.56. The fraction of sp³-hybridized carbons (Fsp3) is 0.364. The van der Waals surface area contributed by atoms with E-state index in [0.29, 0.717) is 5.56 Å². The average Bonchev–Trinajstić information content (AvgIpc) is 2.18. The van der Waals surface area contributed by atoms with Crippen molar-refractivity contribution in [2.75, 3.05) is 0 Å². The minimum atomic E-state index is -0.475. The van der Waals surface area contributed by atoms with Gasteiger partial charge in [0.15, 0.2) is 0 Å². The normalized spacial score (nSPS) is 12.2. The third-order valence-electron chi connectivity index (χ3n) is 2.41. The number of hydrogen-bond acceptors (Lipinski definition) is 2. The van der Waals surface area contributed by atoms with Crippen LogP contribution in [0.2, 0.25) is 0 Å². The highest BCUT2D eigenvalue weighted by Gasteiger charge is 2.13. The van der Waals surface area contributed by atoms with Crippen LogP contribution in [0.1, 0.15) is 36.1 Å². The number of hydrogen-bond donors (Lipinski definition) is 1. The van der Waals surface area contributed by atoms with Crippen molar-refractivity contribution in [2.45, 2.75) is 26.3 Å². The number of nitrogens with zero attached hydrogens (tertiary/aromatic N) is 1. The third-order valence-corrected chi connectivity index (χ3v) is 2.41. The summed E-state index contributed by atoms with van der Waals surface area (Å²) in [5.41, 5.74) is 7.45. The number of rotatable bonds is 2. The molecule has 0 saturated carbocycles. The average molecular weight is 192 g/mol. The summed E-state index contributed by atoms with van der Waals surface area (Å²) in [5, 5.41) is 8.75. The molecule has 3 heteroatoms. The van der Waals surface area contributed by atoms with Crippen molar-refractivity contribution in [2.24, 2.45) is 5.73 Å². The first-order chi connectivity index (χ1) is 6.61. The molecule has 1 atom stereocenters. The van der Waals surface area contributed by atoms with Gasteiger partial charge in [-0.2, -0.15) is 5.26 Å². The van der Waals surface area contributed by atoms with Gasteiger partial charge in [0.25, 0.3) is 0 Å². The number of benzene rings is 1. The second-order valence-electron chi connectivity index (χ2n) is 3.26. The first kappa shape index (κ1) is 10.7. The molecule has 1 rings (SSSR count). The Balaban J connectivity index is 3.30. The Morgan fingerprint density at radius 3 is 2.71 bits per heavy atom. The fourth-order valence-electron chi connectivity index (χ4n) is 1.45. The lowest BCUT2D eigenvalue weighted by atomic mass is 9.96. The van der Waals surface area contributed by atoms with Crippen molar-refractivity contribution >= 4 is 0 Å². The van der Waals surface area contributed by atoms with Crippen molar-refractivity contribution in [3.05, 3.63) is 34.6 Å². The minimum absolute atomic E-state index is 0.103. The predicted octanol–water partition coefficient (Wildman–Crippen LogP) is 2.42. The summed E-state index contributed by atoms with van der Waals surface area (Å²) in [5.74, 6) is -0.475. The monoisotopic (exact) mass is 192 g/mol. The topological polar surface area (TPSA) is 49.8 Å². The molecule has 2 N–H and O–H groups in total. The molecule has 74 valence electrons. The standard InChI is InChI=1S/C11H13FN2/c1-3-11(14)8-4-5-10(12)9(6-13)7(8)2/h4-5,11H,3,14H2,1-2H3/t11-/m0/s1. The summed E-state index contributed by atoms with van der Waals surface area (Å²) >= 11 is 0. The lowest BCUT2D eigenvalue weighted by Gasteiger charge is -2.13. The van der Waals surface area contributed by atoms with E-state index in [1.54, 1.807) is 13.0 Å². The first-order valence-corrected chi connectivity index (χ1v) is 4.56. The van der Waals surface area contributed by atoms with E-state index in [0.717, 1.165) is 12.0 Å². The van der Waals surface area contributed by atoms with Gasteiger partial charge in [-0.05, 0) is 30.5 Å². The van der Waals surface area contributed by atoms with Crippen molar-refractivity contribution in [1.82, 2.24) is 0 Å². The van der Waals surface area contributed by atoms with Gasteiger partial charge in [-0.15, -0.1) is 0 Å². The maximum atomic E-state index is 13.1. The van der Waals surface area contributed by atoms with Crippen molar-refractivity contribution in [3.8, 4) is 6.07 Å². The Kier molecular flexibility index (Phi) is 3.21. The Morgan fingerprint density at radius 1 is 1.57 bits per heavy atom. The van der Waals surface area contributed by atoms with Gasteiger partial charge < -0.3 is 5.73 Å². The summed E-state index contributed by atoms with van der Waals surface area (Å²) in [4.78, 5) is 0. The van der Waals surface area contributed by atoms with Crippen LogP contribution in [0.5, 0.6) is 0 Å². The van der Waals surface area contributed by atoms with Gasteiger partial charge in [0.05, 0.1) is 5.56 Å². The molecule has 1 aromatic rings. The molecule has 0 unspecified atom stereocenters. The van der Waals surface area contributed by atoms with E-state index >= 15 is 0 Å². The van der Waals surface area contributed by atoms with Gasteiger partial charge in [-0.1, -0.05) is 13.0 Å². The van der Waals surface area contributed by atoms with Crippen LogP contribution in [-0.4, -0.2) is 0 Å². The zero-order valence-corrected chi connectivity index (χ0v) is 8.34. The molecule has 0 spiro atoms. The summed E-state index contributed by atoms with van der Waals surface area (Å²) < 4.78 is 13.1. The van der Waals surface area contributed by atoms with Gasteiger partial charge in [-0.3, -0.25) is 0 Å². The molecule has 0 aliphatic rings. The molecular weight excluding hydrogens is 179 g/mol. The smallest absolute Gasteiger partial charge is 0.141 e. The number of nitrogens with two attached hydrogens (primary N) is 1. The van der Waals surface area contributed by atoms with E-state index in [9.17, 15) is 4.39 Å². The quantitative estimate of drug-likeness (QED) is 0.782. The molecule has 0 fully saturated rings. The van der Waals surface area contributed by atoms with E-state index in [2.05, 4.69) is 0 Å². The second-order valence-corrected chi connectivity index (χ2v) is 3.26. The zero-order valence-electron chi connectivity index (χ0n) is 8.34. The molecule has 14 heavy (non-hydrogen) atoms. The van der Waals surface area contributed by atoms with Crippen LogP contribution in [0.15, 0.2) is 12.1 Å². The van der Waals surface area contributed by atoms with Crippen LogP contribution in [0.3, 0.4) is 0 Å². The highest BCUT2D eigenvalue weighted by molar-refractivity contribution is 5.44. The van der Waals surface area contributed by atoms with Crippen LogP contribution in [0.4, 0.5) is 4.39 Å². The van der Waals surface area contributed by atoms with Gasteiger partial charge in [-0.25, -0.2) is 4.39 Å². The summed E-state index contributed by atoms with van der Waals surface area (Å²) in [6, 6.07) is 4.68. The molecule has 2 nitrogen and oxygen atoms in total. The molecule has 0 heterocycles. The van der Waals surface area contributed by atoms with Gasteiger partial charge in [0.2, 0.25) is 0 Å². The SMILES string of the molecule is CC[C@H](N)c1ccc(F)c(C#N)c1C. The Bertz CT molecular complexity index is 380. The highest BCUT2D eigenvalue weighted by atomic mass is 19.1. The largest absolute Gasteiger partial charge is 0.324 e. The van der Waals surface area contributed by atoms with E-state index in [-0.39, 0.29) is 11.6 Å². The van der Waals surface area contributed by atoms with Gasteiger partial charge in [0, 0.05) is 6.04 Å². The Hall–Kier alpha value is -1.40. The van der Waals surface area contributed by atoms with Crippen molar-refractivity contribution in [1.29, 1.82) is 5.26 Å². The molecule has 0 aliphatic carbocycles. The van der Waals surface area contributed by atoms with E-state index in [1.165, 1.54) is 6.07 Å². The molecular formula is C11H13FN2. The summed E-state index contributed by atoms with van der Waals surface area (Å²) in [7, 11) is 0. The van der Waals surface area contributed by atoms with Crippen LogP contribution < -0.4 is 5.73 Å². The molecule has 1 aromatic carbocycles. The predicted molar refractivity (Wildman–Crippen MR) is 53.1 cm³/mol. The van der Waals surface area contributed by atoms with Gasteiger partial charge in [0.1, 0.15) is 11.9 Å². The van der Waals surface area contributed by atoms with Crippen LogP contribution in [-0.2, 0) is 0 Å². The molecule has 0 radical (unpaired) electrons. The molecule has 0 aliphatic heterocycles. The van der Waals surface area contributed by atoms with Crippen molar-refractivity contribution in [3.63, 3.8) is 0 Å². The molecule has 0 bridgehead atoms. The van der Waals surface area contributed by atoms with Crippen LogP contribution >= 0.6 is 0 Å². The summed E-state index contributed by atoms with van der Waals surface area (Å²) in [6.07, 6.45) is 0.775. The van der Waals surface area contributed by atoms with Crippen LogP contribution in [0, 0.1) is 24.1 Å². The zero-order chi connectivity index (χ0) is 10.7.